The number of amides is 2. The van der Waals surface area contributed by atoms with Crippen LogP contribution in [0.2, 0.25) is 0 Å². The van der Waals surface area contributed by atoms with Gasteiger partial charge in [0.2, 0.25) is 0 Å². The van der Waals surface area contributed by atoms with E-state index in [-0.39, 0.29) is 11.3 Å². The van der Waals surface area contributed by atoms with Crippen LogP contribution in [0, 0.1) is 12.7 Å². The number of Topliss-reactive ketones (excluding diaryl/α,β-unsaturated/α-hetero) is 1. The van der Waals surface area contributed by atoms with Crippen LogP contribution >= 0.6 is 0 Å². The highest BCUT2D eigenvalue weighted by Crippen LogP contribution is 2.34. The van der Waals surface area contributed by atoms with Gasteiger partial charge in [-0.3, -0.25) is 24.7 Å². The maximum Gasteiger partial charge on any atom is 0.300 e. The SMILES string of the molecule is Cc1cc(F)cc2c1N(C(C)C(=O)NN)C(=O)C2=O. The number of hydrogen-bond acceptors (Lipinski definition) is 4. The van der Waals surface area contributed by atoms with Crippen LogP contribution in [0.1, 0.15) is 22.8 Å². The van der Waals surface area contributed by atoms with Crippen molar-refractivity contribution in [3.8, 4) is 0 Å². The monoisotopic (exact) mass is 265 g/mol. The molecule has 0 radical (unpaired) electrons. The minimum absolute atomic E-state index is 0.0285. The van der Waals surface area contributed by atoms with Crippen LogP contribution < -0.4 is 16.2 Å². The summed E-state index contributed by atoms with van der Waals surface area (Å²) in [6.45, 7) is 3.00. The summed E-state index contributed by atoms with van der Waals surface area (Å²) >= 11 is 0. The molecule has 1 aliphatic rings. The second-order valence-corrected chi connectivity index (χ2v) is 4.31. The van der Waals surface area contributed by atoms with E-state index in [1.165, 1.54) is 13.0 Å². The summed E-state index contributed by atoms with van der Waals surface area (Å²) in [5.74, 6) is 2.12. The summed E-state index contributed by atoms with van der Waals surface area (Å²) in [5, 5.41) is 0. The fourth-order valence-electron chi connectivity index (χ4n) is 2.16. The van der Waals surface area contributed by atoms with Gasteiger partial charge in [0.1, 0.15) is 11.9 Å². The Morgan fingerprint density at radius 3 is 2.63 bits per heavy atom. The highest BCUT2D eigenvalue weighted by molar-refractivity contribution is 6.53. The Morgan fingerprint density at radius 1 is 1.42 bits per heavy atom. The molecule has 0 saturated carbocycles. The number of ketones is 1. The van der Waals surface area contributed by atoms with Crippen molar-refractivity contribution in [1.29, 1.82) is 0 Å². The first-order chi connectivity index (χ1) is 8.88. The van der Waals surface area contributed by atoms with Crippen molar-refractivity contribution in [3.63, 3.8) is 0 Å². The topological polar surface area (TPSA) is 92.5 Å². The third kappa shape index (κ3) is 1.88. The lowest BCUT2D eigenvalue weighted by Gasteiger charge is -2.24. The van der Waals surface area contributed by atoms with Crippen LogP contribution in [-0.4, -0.2) is 23.6 Å². The number of anilines is 1. The number of hydrogen-bond donors (Lipinski definition) is 2. The molecule has 1 atom stereocenters. The average Bonchev–Trinajstić information content (AvgIpc) is 2.61. The zero-order valence-corrected chi connectivity index (χ0v) is 10.4. The normalized spacial score (nSPS) is 15.5. The van der Waals surface area contributed by atoms with Gasteiger partial charge < -0.3 is 0 Å². The van der Waals surface area contributed by atoms with Crippen molar-refractivity contribution in [1.82, 2.24) is 5.43 Å². The lowest BCUT2D eigenvalue weighted by atomic mass is 10.1. The van der Waals surface area contributed by atoms with Gasteiger partial charge >= 0.3 is 0 Å². The molecular formula is C12H12FN3O3. The summed E-state index contributed by atoms with van der Waals surface area (Å²) in [4.78, 5) is 36.3. The molecule has 1 aromatic rings. The molecule has 100 valence electrons. The number of rotatable bonds is 2. The molecule has 3 N–H and O–H groups in total. The third-order valence-corrected chi connectivity index (χ3v) is 3.07. The molecule has 0 bridgehead atoms. The molecule has 0 aliphatic carbocycles. The number of nitrogens with one attached hydrogen (secondary N) is 1. The highest BCUT2D eigenvalue weighted by atomic mass is 19.1. The van der Waals surface area contributed by atoms with Gasteiger partial charge in [0.25, 0.3) is 17.6 Å². The maximum atomic E-state index is 13.3. The van der Waals surface area contributed by atoms with Crippen molar-refractivity contribution in [2.75, 3.05) is 4.90 Å². The first-order valence-electron chi connectivity index (χ1n) is 5.57. The first-order valence-corrected chi connectivity index (χ1v) is 5.57. The Balaban J connectivity index is 2.59. The number of halogens is 1. The Hall–Kier alpha value is -2.28. The van der Waals surface area contributed by atoms with Gasteiger partial charge in [0, 0.05) is 0 Å². The van der Waals surface area contributed by atoms with Crippen molar-refractivity contribution < 1.29 is 18.8 Å². The molecule has 7 heteroatoms. The number of carbonyl (C=O) groups excluding carboxylic acids is 3. The van der Waals surface area contributed by atoms with Gasteiger partial charge in [-0.25, -0.2) is 10.2 Å². The predicted molar refractivity (Wildman–Crippen MR) is 64.7 cm³/mol. The Bertz CT molecular complexity index is 600. The molecular weight excluding hydrogens is 253 g/mol. The van der Waals surface area contributed by atoms with E-state index in [0.29, 0.717) is 5.56 Å². The minimum Gasteiger partial charge on any atom is -0.292 e. The van der Waals surface area contributed by atoms with Gasteiger partial charge in [-0.15, -0.1) is 0 Å². The smallest absolute Gasteiger partial charge is 0.292 e. The van der Waals surface area contributed by atoms with Crippen LogP contribution in [0.5, 0.6) is 0 Å². The van der Waals surface area contributed by atoms with Gasteiger partial charge in [0.05, 0.1) is 11.3 Å². The van der Waals surface area contributed by atoms with E-state index < -0.39 is 29.5 Å². The summed E-state index contributed by atoms with van der Waals surface area (Å²) in [5.41, 5.74) is 2.56. The number of fused-ring (bicyclic) bond motifs is 1. The number of hydrazine groups is 1. The largest absolute Gasteiger partial charge is 0.300 e. The van der Waals surface area contributed by atoms with Crippen molar-refractivity contribution >= 4 is 23.3 Å². The van der Waals surface area contributed by atoms with Crippen LogP contribution in [0.25, 0.3) is 0 Å². The predicted octanol–water partition coefficient (Wildman–Crippen LogP) is 0.0418. The van der Waals surface area contributed by atoms with Crippen molar-refractivity contribution in [2.24, 2.45) is 5.84 Å². The molecule has 0 aromatic heterocycles. The fourth-order valence-corrected chi connectivity index (χ4v) is 2.16. The van der Waals surface area contributed by atoms with E-state index in [2.05, 4.69) is 0 Å². The molecule has 1 aliphatic heterocycles. The lowest BCUT2D eigenvalue weighted by Crippen LogP contribution is -2.49. The van der Waals surface area contributed by atoms with Crippen LogP contribution in [0.4, 0.5) is 10.1 Å². The minimum atomic E-state index is -0.952. The molecule has 1 unspecified atom stereocenters. The molecule has 0 fully saturated rings. The maximum absolute atomic E-state index is 13.3. The Labute approximate surface area is 108 Å². The number of nitrogens with zero attached hydrogens (tertiary/aromatic N) is 1. The number of aryl methyl sites for hydroxylation is 1. The van der Waals surface area contributed by atoms with E-state index in [4.69, 9.17) is 5.84 Å². The standard InChI is InChI=1S/C12H12FN3O3/c1-5-3-7(13)4-8-9(5)16(12(19)10(8)17)6(2)11(18)15-14/h3-4,6H,14H2,1-2H3,(H,15,18). The summed E-state index contributed by atoms with van der Waals surface area (Å²) in [6.07, 6.45) is 0. The molecule has 2 amide bonds. The van der Waals surface area contributed by atoms with Gasteiger partial charge in [-0.05, 0) is 31.5 Å². The fraction of sp³-hybridized carbons (Fsp3) is 0.250. The van der Waals surface area contributed by atoms with E-state index in [0.717, 1.165) is 11.0 Å². The van der Waals surface area contributed by atoms with E-state index >= 15 is 0 Å². The van der Waals surface area contributed by atoms with E-state index in [1.807, 2.05) is 5.43 Å². The van der Waals surface area contributed by atoms with E-state index in [9.17, 15) is 18.8 Å². The zero-order chi connectivity index (χ0) is 14.3. The Kier molecular flexibility index (Phi) is 3.07. The van der Waals surface area contributed by atoms with Crippen molar-refractivity contribution in [2.45, 2.75) is 19.9 Å². The Morgan fingerprint density at radius 2 is 2.05 bits per heavy atom. The molecule has 2 rings (SSSR count). The summed E-state index contributed by atoms with van der Waals surface area (Å²) < 4.78 is 13.3. The second kappa shape index (κ2) is 4.43. The van der Waals surface area contributed by atoms with Gasteiger partial charge in [0.15, 0.2) is 0 Å². The third-order valence-electron chi connectivity index (χ3n) is 3.07. The molecule has 1 heterocycles. The second-order valence-electron chi connectivity index (χ2n) is 4.31. The van der Waals surface area contributed by atoms with Crippen LogP contribution in [0.3, 0.4) is 0 Å². The average molecular weight is 265 g/mol. The number of benzene rings is 1. The van der Waals surface area contributed by atoms with Crippen LogP contribution in [-0.2, 0) is 9.59 Å². The molecule has 0 saturated heterocycles. The zero-order valence-electron chi connectivity index (χ0n) is 10.4. The van der Waals surface area contributed by atoms with Crippen molar-refractivity contribution in [3.05, 3.63) is 29.1 Å². The van der Waals surface area contributed by atoms with Crippen LogP contribution in [0.15, 0.2) is 12.1 Å². The number of nitrogens with two attached hydrogens (primary N) is 1. The quantitative estimate of drug-likeness (QED) is 0.342. The molecule has 6 nitrogen and oxygen atoms in total. The summed E-state index contributed by atoms with van der Waals surface area (Å²) in [6, 6.07) is 1.24. The molecule has 19 heavy (non-hydrogen) atoms. The van der Waals surface area contributed by atoms with E-state index in [1.54, 1.807) is 6.92 Å². The highest BCUT2D eigenvalue weighted by Gasteiger charge is 2.41. The van der Waals surface area contributed by atoms with Gasteiger partial charge in [-0.2, -0.15) is 0 Å². The molecule has 0 spiro atoms. The first kappa shape index (κ1) is 13.2. The van der Waals surface area contributed by atoms with Gasteiger partial charge in [-0.1, -0.05) is 0 Å². The lowest BCUT2D eigenvalue weighted by molar-refractivity contribution is -0.124. The molecule has 1 aromatic carbocycles. The summed E-state index contributed by atoms with van der Waals surface area (Å²) in [7, 11) is 0. The number of carbonyl (C=O) groups is 3.